The molecule has 2 heterocycles. The smallest absolute Gasteiger partial charge is 0.329 e. The third kappa shape index (κ3) is 3.00. The molecule has 0 radical (unpaired) electrons. The number of carbonyl (C=O) groups is 1. The predicted molar refractivity (Wildman–Crippen MR) is 89.0 cm³/mol. The van der Waals surface area contributed by atoms with E-state index in [1.54, 1.807) is 17.5 Å². The molecule has 8 heteroatoms. The van der Waals surface area contributed by atoms with Crippen molar-refractivity contribution in [3.05, 3.63) is 56.3 Å². The summed E-state index contributed by atoms with van der Waals surface area (Å²) in [6, 6.07) is 5.73. The maximum absolute atomic E-state index is 13.1. The number of halogens is 1. The lowest BCUT2D eigenvalue weighted by Crippen LogP contribution is -2.34. The molecular weight excluding hydrogens is 335 g/mol. The van der Waals surface area contributed by atoms with E-state index in [2.05, 4.69) is 4.98 Å². The average Bonchev–Trinajstić information content (AvgIpc) is 2.95. The molecule has 2 aromatic heterocycles. The molecule has 0 amide bonds. The number of fused-ring (bicyclic) bond motifs is 1. The van der Waals surface area contributed by atoms with E-state index in [0.29, 0.717) is 21.3 Å². The Morgan fingerprint density at radius 2 is 1.96 bits per heavy atom. The molecule has 3 rings (SSSR count). The van der Waals surface area contributed by atoms with Gasteiger partial charge in [-0.3, -0.25) is 19.1 Å². The third-order valence-electron chi connectivity index (χ3n) is 3.64. The molecule has 24 heavy (non-hydrogen) atoms. The van der Waals surface area contributed by atoms with Gasteiger partial charge in [0, 0.05) is 23.9 Å². The number of hydrogen-bond acceptors (Lipinski definition) is 4. The van der Waals surface area contributed by atoms with Crippen molar-refractivity contribution in [1.29, 1.82) is 0 Å². The van der Waals surface area contributed by atoms with Gasteiger partial charge in [0.15, 0.2) is 0 Å². The van der Waals surface area contributed by atoms with Crippen molar-refractivity contribution in [3.8, 4) is 11.1 Å². The number of carboxylic acids is 1. The van der Waals surface area contributed by atoms with Gasteiger partial charge in [0.25, 0.3) is 5.56 Å². The SMILES string of the molecule is O=C(O)CCCn1c(=O)[nH]c2scc(-c3ccc(F)cc3)c2c1=O. The minimum Gasteiger partial charge on any atom is -0.481 e. The zero-order valence-electron chi connectivity index (χ0n) is 12.4. The Labute approximate surface area is 138 Å². The van der Waals surface area contributed by atoms with Gasteiger partial charge in [-0.2, -0.15) is 0 Å². The van der Waals surface area contributed by atoms with Gasteiger partial charge in [-0.1, -0.05) is 12.1 Å². The topological polar surface area (TPSA) is 92.2 Å². The van der Waals surface area contributed by atoms with Gasteiger partial charge in [-0.15, -0.1) is 11.3 Å². The van der Waals surface area contributed by atoms with Crippen molar-refractivity contribution in [1.82, 2.24) is 9.55 Å². The number of aliphatic carboxylic acids is 1. The minimum atomic E-state index is -0.983. The van der Waals surface area contributed by atoms with Crippen molar-refractivity contribution in [2.45, 2.75) is 19.4 Å². The highest BCUT2D eigenvalue weighted by Gasteiger charge is 2.15. The number of nitrogens with zero attached hydrogens (tertiary/aromatic N) is 1. The molecule has 3 aromatic rings. The third-order valence-corrected chi connectivity index (χ3v) is 4.54. The van der Waals surface area contributed by atoms with E-state index in [1.807, 2.05) is 0 Å². The van der Waals surface area contributed by atoms with Crippen LogP contribution in [-0.4, -0.2) is 20.6 Å². The van der Waals surface area contributed by atoms with Gasteiger partial charge in [-0.05, 0) is 24.1 Å². The molecule has 0 aliphatic rings. The molecule has 0 saturated carbocycles. The van der Waals surface area contributed by atoms with Gasteiger partial charge in [0.2, 0.25) is 0 Å². The maximum atomic E-state index is 13.1. The number of H-pyrrole nitrogens is 1. The summed E-state index contributed by atoms with van der Waals surface area (Å²) < 4.78 is 14.1. The normalized spacial score (nSPS) is 11.0. The number of hydrogen-bond donors (Lipinski definition) is 2. The predicted octanol–water partition coefficient (Wildman–Crippen LogP) is 2.42. The second-order valence-electron chi connectivity index (χ2n) is 5.24. The first-order valence-corrected chi connectivity index (χ1v) is 8.07. The molecule has 2 N–H and O–H groups in total. The Hall–Kier alpha value is -2.74. The van der Waals surface area contributed by atoms with E-state index >= 15 is 0 Å². The van der Waals surface area contributed by atoms with Crippen LogP contribution in [0.2, 0.25) is 0 Å². The summed E-state index contributed by atoms with van der Waals surface area (Å²) in [5, 5.41) is 10.8. The van der Waals surface area contributed by atoms with Crippen LogP contribution in [0.15, 0.2) is 39.2 Å². The molecule has 0 unspecified atom stereocenters. The number of thiophene rings is 1. The average molecular weight is 348 g/mol. The van der Waals surface area contributed by atoms with Crippen LogP contribution in [0.3, 0.4) is 0 Å². The first-order valence-electron chi connectivity index (χ1n) is 7.19. The highest BCUT2D eigenvalue weighted by atomic mass is 32.1. The number of carboxylic acid groups (broad SMARTS) is 1. The lowest BCUT2D eigenvalue weighted by Gasteiger charge is -2.05. The molecule has 0 atom stereocenters. The second kappa shape index (κ2) is 6.40. The van der Waals surface area contributed by atoms with E-state index in [0.717, 1.165) is 4.57 Å². The molecule has 0 spiro atoms. The van der Waals surface area contributed by atoms with Crippen LogP contribution in [-0.2, 0) is 11.3 Å². The van der Waals surface area contributed by atoms with Gasteiger partial charge in [-0.25, -0.2) is 9.18 Å². The summed E-state index contributed by atoms with van der Waals surface area (Å²) in [7, 11) is 0. The lowest BCUT2D eigenvalue weighted by atomic mass is 10.1. The van der Waals surface area contributed by atoms with Crippen LogP contribution >= 0.6 is 11.3 Å². The number of aromatic nitrogens is 2. The summed E-state index contributed by atoms with van der Waals surface area (Å²) in [5.41, 5.74) is 0.247. The van der Waals surface area contributed by atoms with Crippen LogP contribution in [0.25, 0.3) is 21.3 Å². The minimum absolute atomic E-state index is 0.0229. The highest BCUT2D eigenvalue weighted by molar-refractivity contribution is 7.17. The van der Waals surface area contributed by atoms with Crippen molar-refractivity contribution in [2.75, 3.05) is 0 Å². The first kappa shape index (κ1) is 16.1. The van der Waals surface area contributed by atoms with Gasteiger partial charge in [0.1, 0.15) is 10.6 Å². The largest absolute Gasteiger partial charge is 0.481 e. The molecule has 0 saturated heterocycles. The zero-order chi connectivity index (χ0) is 17.3. The molecule has 0 aliphatic heterocycles. The fraction of sp³-hybridized carbons (Fsp3) is 0.188. The molecule has 0 bridgehead atoms. The van der Waals surface area contributed by atoms with E-state index in [4.69, 9.17) is 5.11 Å². The summed E-state index contributed by atoms with van der Waals surface area (Å²) in [6.07, 6.45) is 0.0538. The summed E-state index contributed by atoms with van der Waals surface area (Å²) >= 11 is 1.22. The second-order valence-corrected chi connectivity index (χ2v) is 6.12. The number of nitrogens with one attached hydrogen (secondary N) is 1. The molecular formula is C16H13FN2O4S. The molecule has 0 fully saturated rings. The monoisotopic (exact) mass is 348 g/mol. The zero-order valence-corrected chi connectivity index (χ0v) is 13.2. The summed E-state index contributed by atoms with van der Waals surface area (Å²) in [4.78, 5) is 38.4. The summed E-state index contributed by atoms with van der Waals surface area (Å²) in [5.74, 6) is -1.36. The standard InChI is InChI=1S/C16H13FN2O4S/c17-10-5-3-9(4-6-10)11-8-24-14-13(11)15(22)19(16(23)18-14)7-1-2-12(20)21/h3-6,8H,1-2,7H2,(H,18,23)(H,20,21). The van der Waals surface area contributed by atoms with Gasteiger partial charge in [0.05, 0.1) is 5.39 Å². The van der Waals surface area contributed by atoms with E-state index in [9.17, 15) is 18.8 Å². The Bertz CT molecular complexity index is 1020. The van der Waals surface area contributed by atoms with Crippen LogP contribution < -0.4 is 11.2 Å². The van der Waals surface area contributed by atoms with E-state index < -0.39 is 17.2 Å². The van der Waals surface area contributed by atoms with Gasteiger partial charge >= 0.3 is 11.7 Å². The van der Waals surface area contributed by atoms with Crippen LogP contribution in [0, 0.1) is 5.82 Å². The Morgan fingerprint density at radius 3 is 2.62 bits per heavy atom. The number of aromatic amines is 1. The first-order chi connectivity index (χ1) is 11.5. The fourth-order valence-electron chi connectivity index (χ4n) is 2.49. The van der Waals surface area contributed by atoms with Crippen molar-refractivity contribution >= 4 is 27.5 Å². The van der Waals surface area contributed by atoms with Crippen LogP contribution in [0.5, 0.6) is 0 Å². The Kier molecular flexibility index (Phi) is 4.30. The quantitative estimate of drug-likeness (QED) is 0.741. The maximum Gasteiger partial charge on any atom is 0.329 e. The Balaban J connectivity index is 2.10. The molecule has 6 nitrogen and oxygen atoms in total. The van der Waals surface area contributed by atoms with Crippen LogP contribution in [0.4, 0.5) is 4.39 Å². The fourth-order valence-corrected chi connectivity index (χ4v) is 3.44. The van der Waals surface area contributed by atoms with Crippen LogP contribution in [0.1, 0.15) is 12.8 Å². The molecule has 124 valence electrons. The summed E-state index contributed by atoms with van der Waals surface area (Å²) in [6.45, 7) is 0.0229. The van der Waals surface area contributed by atoms with E-state index in [1.165, 1.54) is 23.5 Å². The number of benzene rings is 1. The van der Waals surface area contributed by atoms with E-state index in [-0.39, 0.29) is 25.2 Å². The lowest BCUT2D eigenvalue weighted by molar-refractivity contribution is -0.137. The number of rotatable bonds is 5. The molecule has 1 aromatic carbocycles. The van der Waals surface area contributed by atoms with Crippen molar-refractivity contribution < 1.29 is 14.3 Å². The molecule has 0 aliphatic carbocycles. The van der Waals surface area contributed by atoms with Gasteiger partial charge < -0.3 is 5.11 Å². The van der Waals surface area contributed by atoms with Crippen molar-refractivity contribution in [3.63, 3.8) is 0 Å². The highest BCUT2D eigenvalue weighted by Crippen LogP contribution is 2.30. The Morgan fingerprint density at radius 1 is 1.25 bits per heavy atom. The van der Waals surface area contributed by atoms with Crippen molar-refractivity contribution in [2.24, 2.45) is 0 Å².